The van der Waals surface area contributed by atoms with E-state index in [0.29, 0.717) is 36.5 Å². The van der Waals surface area contributed by atoms with Crippen molar-refractivity contribution in [2.45, 2.75) is 58.9 Å². The molecule has 5 heteroatoms. The van der Waals surface area contributed by atoms with Gasteiger partial charge in [-0.1, -0.05) is 31.8 Å². The van der Waals surface area contributed by atoms with E-state index >= 15 is 0 Å². The fraction of sp³-hybridized carbons (Fsp3) is 0.786. The van der Waals surface area contributed by atoms with E-state index in [4.69, 9.17) is 4.52 Å². The van der Waals surface area contributed by atoms with Crippen molar-refractivity contribution in [1.29, 1.82) is 0 Å². The number of carbonyl (C=O) groups is 1. The summed E-state index contributed by atoms with van der Waals surface area (Å²) in [5, 5.41) is 6.74. The molecule has 5 nitrogen and oxygen atoms in total. The first-order valence-electron chi connectivity index (χ1n) is 7.21. The minimum absolute atomic E-state index is 0.0992. The fourth-order valence-electron chi connectivity index (χ4n) is 2.52. The summed E-state index contributed by atoms with van der Waals surface area (Å²) in [7, 11) is 0. The zero-order valence-corrected chi connectivity index (χ0v) is 11.8. The van der Waals surface area contributed by atoms with Gasteiger partial charge in [-0.15, -0.1) is 0 Å². The van der Waals surface area contributed by atoms with Crippen molar-refractivity contribution in [2.24, 2.45) is 11.8 Å². The molecule has 0 unspecified atom stereocenters. The summed E-state index contributed by atoms with van der Waals surface area (Å²) in [5.41, 5.74) is 0. The zero-order chi connectivity index (χ0) is 13.7. The van der Waals surface area contributed by atoms with E-state index in [9.17, 15) is 4.79 Å². The van der Waals surface area contributed by atoms with Gasteiger partial charge < -0.3 is 9.84 Å². The van der Waals surface area contributed by atoms with Gasteiger partial charge in [-0.3, -0.25) is 4.79 Å². The largest absolute Gasteiger partial charge is 0.349 e. The van der Waals surface area contributed by atoms with E-state index < -0.39 is 0 Å². The van der Waals surface area contributed by atoms with E-state index in [1.807, 2.05) is 0 Å². The summed E-state index contributed by atoms with van der Waals surface area (Å²) in [4.78, 5) is 16.0. The molecule has 0 aliphatic heterocycles. The number of aromatic nitrogens is 2. The molecule has 0 saturated heterocycles. The Bertz CT molecular complexity index is 409. The molecule has 1 aliphatic rings. The summed E-state index contributed by atoms with van der Waals surface area (Å²) in [6, 6.07) is 0. The van der Waals surface area contributed by atoms with Gasteiger partial charge in [0.05, 0.1) is 6.54 Å². The van der Waals surface area contributed by atoms with Crippen LogP contribution in [0.2, 0.25) is 0 Å². The van der Waals surface area contributed by atoms with Crippen LogP contribution >= 0.6 is 0 Å². The smallest absolute Gasteiger partial charge is 0.226 e. The number of nitrogens with zero attached hydrogens (tertiary/aromatic N) is 2. The number of nitrogens with one attached hydrogen (secondary N) is 1. The van der Waals surface area contributed by atoms with Crippen molar-refractivity contribution in [1.82, 2.24) is 15.5 Å². The van der Waals surface area contributed by atoms with Crippen LogP contribution in [0.5, 0.6) is 0 Å². The first kappa shape index (κ1) is 14.0. The Balaban J connectivity index is 1.72. The minimum Gasteiger partial charge on any atom is -0.349 e. The molecule has 0 radical (unpaired) electrons. The Labute approximate surface area is 114 Å². The first-order chi connectivity index (χ1) is 9.13. The quantitative estimate of drug-likeness (QED) is 0.858. The molecule has 1 N–H and O–H groups in total. The molecule has 0 spiro atoms. The maximum Gasteiger partial charge on any atom is 0.226 e. The normalized spacial score (nSPS) is 16.2. The highest BCUT2D eigenvalue weighted by Crippen LogP contribution is 2.27. The predicted octanol–water partition coefficient (Wildman–Crippen LogP) is 2.46. The van der Waals surface area contributed by atoms with Crippen LogP contribution in [0.4, 0.5) is 0 Å². The highest BCUT2D eigenvalue weighted by molar-refractivity contribution is 5.76. The van der Waals surface area contributed by atoms with Crippen LogP contribution in [-0.2, 0) is 17.8 Å². The second-order valence-corrected chi connectivity index (χ2v) is 5.83. The van der Waals surface area contributed by atoms with Gasteiger partial charge in [0.15, 0.2) is 5.82 Å². The standard InChI is InChI=1S/C14H23N3O2/c1-10(2)7-14-16-12(17-19-14)9-15-13(18)8-11-5-3-4-6-11/h10-11H,3-9H2,1-2H3,(H,15,18). The number of amides is 1. The lowest BCUT2D eigenvalue weighted by Gasteiger charge is -2.07. The Kier molecular flexibility index (Phi) is 4.93. The van der Waals surface area contributed by atoms with Crippen molar-refractivity contribution in [3.05, 3.63) is 11.7 Å². The molecule has 0 atom stereocenters. The average Bonchev–Trinajstić information content (AvgIpc) is 2.97. The van der Waals surface area contributed by atoms with E-state index in [1.54, 1.807) is 0 Å². The summed E-state index contributed by atoms with van der Waals surface area (Å²) in [6.45, 7) is 4.58. The molecular formula is C14H23N3O2. The maximum atomic E-state index is 11.8. The summed E-state index contributed by atoms with van der Waals surface area (Å²) in [5.74, 6) is 2.37. The first-order valence-corrected chi connectivity index (χ1v) is 7.21. The van der Waals surface area contributed by atoms with Gasteiger partial charge in [0, 0.05) is 12.8 Å². The molecule has 1 aromatic rings. The molecule has 1 aliphatic carbocycles. The molecule has 1 heterocycles. The van der Waals surface area contributed by atoms with Crippen LogP contribution in [0.1, 0.15) is 57.7 Å². The second-order valence-electron chi connectivity index (χ2n) is 5.83. The third-order valence-corrected chi connectivity index (χ3v) is 3.49. The van der Waals surface area contributed by atoms with Crippen LogP contribution in [0.25, 0.3) is 0 Å². The lowest BCUT2D eigenvalue weighted by Crippen LogP contribution is -2.25. The third-order valence-electron chi connectivity index (χ3n) is 3.49. The van der Waals surface area contributed by atoms with Gasteiger partial charge in [-0.05, 0) is 24.7 Å². The Hall–Kier alpha value is -1.39. The lowest BCUT2D eigenvalue weighted by atomic mass is 10.0. The van der Waals surface area contributed by atoms with E-state index in [1.165, 1.54) is 25.7 Å². The van der Waals surface area contributed by atoms with Crippen LogP contribution in [0.3, 0.4) is 0 Å². The Morgan fingerprint density at radius 3 is 2.84 bits per heavy atom. The molecule has 0 bridgehead atoms. The zero-order valence-electron chi connectivity index (χ0n) is 11.8. The molecule has 1 amide bonds. The van der Waals surface area contributed by atoms with Gasteiger partial charge in [0.2, 0.25) is 11.8 Å². The third kappa shape index (κ3) is 4.65. The number of carbonyl (C=O) groups excluding carboxylic acids is 1. The minimum atomic E-state index is 0.0992. The highest BCUT2D eigenvalue weighted by Gasteiger charge is 2.18. The number of hydrogen-bond donors (Lipinski definition) is 1. The monoisotopic (exact) mass is 265 g/mol. The van der Waals surface area contributed by atoms with Crippen molar-refractivity contribution in [3.63, 3.8) is 0 Å². The predicted molar refractivity (Wildman–Crippen MR) is 71.3 cm³/mol. The molecule has 0 aromatic carbocycles. The van der Waals surface area contributed by atoms with Crippen LogP contribution in [0, 0.1) is 11.8 Å². The van der Waals surface area contributed by atoms with Gasteiger partial charge >= 0.3 is 0 Å². The summed E-state index contributed by atoms with van der Waals surface area (Å²) >= 11 is 0. The van der Waals surface area contributed by atoms with Gasteiger partial charge in [-0.2, -0.15) is 4.98 Å². The van der Waals surface area contributed by atoms with Crippen molar-refractivity contribution < 1.29 is 9.32 Å². The highest BCUT2D eigenvalue weighted by atomic mass is 16.5. The van der Waals surface area contributed by atoms with Crippen molar-refractivity contribution >= 4 is 5.91 Å². The molecule has 1 aromatic heterocycles. The molecular weight excluding hydrogens is 242 g/mol. The fourth-order valence-corrected chi connectivity index (χ4v) is 2.52. The van der Waals surface area contributed by atoms with Crippen LogP contribution in [0.15, 0.2) is 4.52 Å². The average molecular weight is 265 g/mol. The topological polar surface area (TPSA) is 68.0 Å². The molecule has 2 rings (SSSR count). The van der Waals surface area contributed by atoms with Gasteiger partial charge in [0.25, 0.3) is 0 Å². The summed E-state index contributed by atoms with van der Waals surface area (Å²) < 4.78 is 5.13. The summed E-state index contributed by atoms with van der Waals surface area (Å²) in [6.07, 6.45) is 6.32. The second kappa shape index (κ2) is 6.68. The van der Waals surface area contributed by atoms with Crippen LogP contribution < -0.4 is 5.32 Å². The van der Waals surface area contributed by atoms with Gasteiger partial charge in [0.1, 0.15) is 0 Å². The molecule has 1 fully saturated rings. The SMILES string of the molecule is CC(C)Cc1nc(CNC(=O)CC2CCCC2)no1. The Morgan fingerprint density at radius 1 is 1.42 bits per heavy atom. The lowest BCUT2D eigenvalue weighted by molar-refractivity contribution is -0.122. The number of rotatable bonds is 6. The van der Waals surface area contributed by atoms with E-state index in [-0.39, 0.29) is 5.91 Å². The van der Waals surface area contributed by atoms with E-state index in [0.717, 1.165) is 6.42 Å². The maximum absolute atomic E-state index is 11.8. The van der Waals surface area contributed by atoms with Crippen molar-refractivity contribution in [2.75, 3.05) is 0 Å². The van der Waals surface area contributed by atoms with Crippen LogP contribution in [-0.4, -0.2) is 16.0 Å². The van der Waals surface area contributed by atoms with Gasteiger partial charge in [-0.25, -0.2) is 0 Å². The van der Waals surface area contributed by atoms with Crippen molar-refractivity contribution in [3.8, 4) is 0 Å². The number of hydrogen-bond acceptors (Lipinski definition) is 4. The Morgan fingerprint density at radius 2 is 2.16 bits per heavy atom. The van der Waals surface area contributed by atoms with E-state index in [2.05, 4.69) is 29.3 Å². The molecule has 106 valence electrons. The molecule has 1 saturated carbocycles. The molecule has 19 heavy (non-hydrogen) atoms.